The lowest BCUT2D eigenvalue weighted by Gasteiger charge is -2.11. The Labute approximate surface area is 118 Å². The van der Waals surface area contributed by atoms with Gasteiger partial charge in [-0.1, -0.05) is 40.3 Å². The van der Waals surface area contributed by atoms with Crippen LogP contribution in [-0.4, -0.2) is 11.6 Å². The molecule has 1 heterocycles. The van der Waals surface area contributed by atoms with Gasteiger partial charge in [-0.05, 0) is 40.1 Å². The quantitative estimate of drug-likeness (QED) is 0.588. The van der Waals surface area contributed by atoms with Crippen LogP contribution in [0.3, 0.4) is 0 Å². The van der Waals surface area contributed by atoms with E-state index < -0.39 is 0 Å². The van der Waals surface area contributed by atoms with Crippen LogP contribution in [0.15, 0.2) is 50.6 Å². The maximum Gasteiger partial charge on any atom is 0.101 e. The highest BCUT2D eigenvalue weighted by atomic mass is 79.9. The topological polar surface area (TPSA) is 12.4 Å². The standard InChI is InChI=1S/C13H10BrNS2/c14-12-3-1-2-10(8-12)13(15-5-6-16)11-4-7-17-9-11/h1-9,13H. The van der Waals surface area contributed by atoms with Gasteiger partial charge in [0, 0.05) is 16.1 Å². The molecule has 0 spiro atoms. The number of thiophene rings is 1. The molecule has 1 nitrogen and oxygen atoms in total. The van der Waals surface area contributed by atoms with Gasteiger partial charge in [-0.3, -0.25) is 4.99 Å². The van der Waals surface area contributed by atoms with E-state index in [2.05, 4.69) is 49.9 Å². The van der Waals surface area contributed by atoms with Crippen molar-refractivity contribution in [3.8, 4) is 0 Å². The number of nitrogens with zero attached hydrogens (tertiary/aromatic N) is 1. The third-order valence-corrected chi connectivity index (χ3v) is 3.64. The Morgan fingerprint density at radius 3 is 2.82 bits per heavy atom. The second-order valence-electron chi connectivity index (χ2n) is 3.45. The summed E-state index contributed by atoms with van der Waals surface area (Å²) in [4.78, 5) is 4.50. The van der Waals surface area contributed by atoms with Crippen molar-refractivity contribution in [1.82, 2.24) is 0 Å². The average Bonchev–Trinajstić information content (AvgIpc) is 2.83. The normalized spacial score (nSPS) is 12.8. The number of thiocarbonyl (C=S) groups is 1. The molecule has 0 saturated heterocycles. The minimum atomic E-state index is 0.0259. The fourth-order valence-corrected chi connectivity index (χ4v) is 2.76. The second kappa shape index (κ2) is 6.19. The molecule has 4 heteroatoms. The van der Waals surface area contributed by atoms with Crippen molar-refractivity contribution in [3.63, 3.8) is 0 Å². The first-order valence-electron chi connectivity index (χ1n) is 5.06. The number of aliphatic imine (C=N–C) groups is 1. The summed E-state index contributed by atoms with van der Waals surface area (Å²) < 4.78 is 1.06. The SMILES string of the molecule is S=CC=NC(c1ccsc1)c1cccc(Br)c1. The molecular formula is C13H10BrNS2. The summed E-state index contributed by atoms with van der Waals surface area (Å²) in [6.45, 7) is 0. The molecule has 2 aromatic rings. The van der Waals surface area contributed by atoms with Crippen molar-refractivity contribution in [2.24, 2.45) is 4.99 Å². The Bertz CT molecular complexity index is 520. The van der Waals surface area contributed by atoms with Gasteiger partial charge in [0.2, 0.25) is 0 Å². The third kappa shape index (κ3) is 3.31. The molecule has 1 unspecified atom stereocenters. The first-order chi connectivity index (χ1) is 8.31. The zero-order valence-electron chi connectivity index (χ0n) is 8.92. The van der Waals surface area contributed by atoms with Crippen LogP contribution in [0.5, 0.6) is 0 Å². The van der Waals surface area contributed by atoms with Crippen LogP contribution >= 0.6 is 39.5 Å². The van der Waals surface area contributed by atoms with Gasteiger partial charge in [0.1, 0.15) is 6.04 Å². The fourth-order valence-electron chi connectivity index (χ4n) is 1.59. The van der Waals surface area contributed by atoms with Crippen LogP contribution in [-0.2, 0) is 0 Å². The lowest BCUT2D eigenvalue weighted by molar-refractivity contribution is 0.885. The molecule has 2 rings (SSSR count). The van der Waals surface area contributed by atoms with E-state index in [0.29, 0.717) is 0 Å². The van der Waals surface area contributed by atoms with Gasteiger partial charge in [0.05, 0.1) is 0 Å². The van der Waals surface area contributed by atoms with Gasteiger partial charge >= 0.3 is 0 Å². The van der Waals surface area contributed by atoms with E-state index in [-0.39, 0.29) is 6.04 Å². The Balaban J connectivity index is 2.40. The van der Waals surface area contributed by atoms with E-state index >= 15 is 0 Å². The number of rotatable bonds is 4. The van der Waals surface area contributed by atoms with Crippen molar-refractivity contribution in [2.75, 3.05) is 0 Å². The molecule has 0 aliphatic carbocycles. The minimum Gasteiger partial charge on any atom is -0.279 e. The summed E-state index contributed by atoms with van der Waals surface area (Å²) >= 11 is 9.96. The van der Waals surface area contributed by atoms with Gasteiger partial charge in [-0.15, -0.1) is 0 Å². The van der Waals surface area contributed by atoms with Crippen LogP contribution in [0.4, 0.5) is 0 Å². The summed E-state index contributed by atoms with van der Waals surface area (Å²) in [5, 5.41) is 5.72. The van der Waals surface area contributed by atoms with Crippen LogP contribution < -0.4 is 0 Å². The first kappa shape index (κ1) is 12.6. The molecule has 0 aliphatic heterocycles. The molecule has 0 amide bonds. The number of hydrogen-bond donors (Lipinski definition) is 0. The molecule has 17 heavy (non-hydrogen) atoms. The number of halogens is 1. The maximum absolute atomic E-state index is 4.79. The molecule has 0 N–H and O–H groups in total. The van der Waals surface area contributed by atoms with E-state index in [1.165, 1.54) is 10.9 Å². The predicted molar refractivity (Wildman–Crippen MR) is 82.5 cm³/mol. The molecule has 1 aromatic carbocycles. The molecule has 0 radical (unpaired) electrons. The van der Waals surface area contributed by atoms with Crippen molar-refractivity contribution in [3.05, 3.63) is 56.7 Å². The molecule has 1 aromatic heterocycles. The van der Waals surface area contributed by atoms with Crippen molar-refractivity contribution in [2.45, 2.75) is 6.04 Å². The largest absolute Gasteiger partial charge is 0.279 e. The Kier molecular flexibility index (Phi) is 4.59. The summed E-state index contributed by atoms with van der Waals surface area (Å²) in [5.74, 6) is 0. The first-order valence-corrected chi connectivity index (χ1v) is 7.26. The van der Waals surface area contributed by atoms with E-state index in [0.717, 1.165) is 10.0 Å². The molecule has 86 valence electrons. The molecule has 1 atom stereocenters. The molecular weight excluding hydrogens is 314 g/mol. The highest BCUT2D eigenvalue weighted by Crippen LogP contribution is 2.29. The average molecular weight is 324 g/mol. The van der Waals surface area contributed by atoms with Crippen molar-refractivity contribution >= 4 is 51.1 Å². The van der Waals surface area contributed by atoms with Gasteiger partial charge in [-0.25, -0.2) is 0 Å². The van der Waals surface area contributed by atoms with Gasteiger partial charge in [0.15, 0.2) is 0 Å². The minimum absolute atomic E-state index is 0.0259. The van der Waals surface area contributed by atoms with Crippen molar-refractivity contribution in [1.29, 1.82) is 0 Å². The summed E-state index contributed by atoms with van der Waals surface area (Å²) in [7, 11) is 0. The van der Waals surface area contributed by atoms with E-state index in [9.17, 15) is 0 Å². The summed E-state index contributed by atoms with van der Waals surface area (Å²) in [5.41, 5.74) is 2.35. The maximum atomic E-state index is 4.79. The van der Waals surface area contributed by atoms with Gasteiger partial charge in [0.25, 0.3) is 0 Å². The monoisotopic (exact) mass is 323 g/mol. The van der Waals surface area contributed by atoms with Crippen molar-refractivity contribution < 1.29 is 0 Å². The zero-order chi connectivity index (χ0) is 12.1. The number of benzene rings is 1. The molecule has 0 fully saturated rings. The molecule has 0 bridgehead atoms. The molecule has 0 aliphatic rings. The Hall–Kier alpha value is -0.840. The van der Waals surface area contributed by atoms with E-state index in [4.69, 9.17) is 12.2 Å². The van der Waals surface area contributed by atoms with Gasteiger partial charge < -0.3 is 0 Å². The van der Waals surface area contributed by atoms with Gasteiger partial charge in [-0.2, -0.15) is 11.3 Å². The van der Waals surface area contributed by atoms with E-state index in [1.54, 1.807) is 17.6 Å². The summed E-state index contributed by atoms with van der Waals surface area (Å²) in [6, 6.07) is 10.3. The molecule has 0 saturated carbocycles. The zero-order valence-corrected chi connectivity index (χ0v) is 12.1. The smallest absolute Gasteiger partial charge is 0.101 e. The lowest BCUT2D eigenvalue weighted by Crippen LogP contribution is -1.97. The second-order valence-corrected chi connectivity index (χ2v) is 5.42. The highest BCUT2D eigenvalue weighted by Gasteiger charge is 2.12. The van der Waals surface area contributed by atoms with Crippen LogP contribution in [0.1, 0.15) is 17.2 Å². The predicted octanol–water partition coefficient (Wildman–Crippen LogP) is 4.67. The Morgan fingerprint density at radius 2 is 2.18 bits per heavy atom. The third-order valence-electron chi connectivity index (χ3n) is 2.32. The van der Waals surface area contributed by atoms with E-state index in [1.807, 2.05) is 12.1 Å². The fraction of sp³-hybridized carbons (Fsp3) is 0.0769. The summed E-state index contributed by atoms with van der Waals surface area (Å²) in [6.07, 6.45) is 1.68. The van der Waals surface area contributed by atoms with Crippen LogP contribution in [0, 0.1) is 0 Å². The Morgan fingerprint density at radius 1 is 1.29 bits per heavy atom. The number of hydrogen-bond acceptors (Lipinski definition) is 3. The van der Waals surface area contributed by atoms with Crippen LogP contribution in [0.2, 0.25) is 0 Å². The van der Waals surface area contributed by atoms with Crippen LogP contribution in [0.25, 0.3) is 0 Å². The lowest BCUT2D eigenvalue weighted by atomic mass is 10.0. The highest BCUT2D eigenvalue weighted by molar-refractivity contribution is 9.10.